The van der Waals surface area contributed by atoms with Gasteiger partial charge in [-0.3, -0.25) is 14.7 Å². The molecule has 3 rings (SSSR count). The second-order valence-corrected chi connectivity index (χ2v) is 7.02. The number of primary amides is 1. The topological polar surface area (TPSA) is 86.9 Å². The molecule has 0 fully saturated rings. The highest BCUT2D eigenvalue weighted by Gasteiger charge is 2.23. The van der Waals surface area contributed by atoms with Crippen molar-refractivity contribution in [2.45, 2.75) is 19.3 Å². The molecule has 7 heteroatoms. The van der Waals surface area contributed by atoms with Crippen LogP contribution in [0.1, 0.15) is 33.4 Å². The first-order valence-electron chi connectivity index (χ1n) is 9.82. The number of benzene rings is 2. The molecule has 3 aromatic rings. The lowest BCUT2D eigenvalue weighted by Gasteiger charge is -2.30. The number of carbonyl (C=O) groups excluding carboxylic acids is 1. The van der Waals surface area contributed by atoms with E-state index in [1.54, 1.807) is 39.7 Å². The van der Waals surface area contributed by atoms with Gasteiger partial charge in [0.25, 0.3) is 0 Å². The first-order valence-corrected chi connectivity index (χ1v) is 9.82. The number of aromatic nitrogens is 1. The van der Waals surface area contributed by atoms with Gasteiger partial charge in [-0.2, -0.15) is 0 Å². The fourth-order valence-electron chi connectivity index (χ4n) is 3.35. The maximum absolute atomic E-state index is 11.7. The van der Waals surface area contributed by atoms with Crippen LogP contribution in [0.25, 0.3) is 0 Å². The number of pyridine rings is 1. The number of hydrogen-bond acceptors (Lipinski definition) is 6. The summed E-state index contributed by atoms with van der Waals surface area (Å²) in [5, 5.41) is 0. The van der Waals surface area contributed by atoms with E-state index in [2.05, 4.69) is 9.88 Å². The zero-order chi connectivity index (χ0) is 22.2. The molecule has 0 aliphatic rings. The zero-order valence-corrected chi connectivity index (χ0v) is 17.9. The van der Waals surface area contributed by atoms with Gasteiger partial charge in [0, 0.05) is 32.0 Å². The molecule has 0 saturated carbocycles. The smallest absolute Gasteiger partial charge is 0.248 e. The first-order chi connectivity index (χ1) is 15.0. The SMILES string of the molecule is COc1ccc(CN(Cc2ccc(OC)cc2)C(OC)c2cc(C(N)=O)ccn2)cc1. The Kier molecular flexibility index (Phi) is 7.59. The molecule has 0 spiro atoms. The summed E-state index contributed by atoms with van der Waals surface area (Å²) in [4.78, 5) is 18.2. The minimum absolute atomic E-state index is 0.390. The molecule has 0 saturated heterocycles. The predicted octanol–water partition coefficient (Wildman–Crippen LogP) is 3.55. The number of rotatable bonds is 10. The Morgan fingerprint density at radius 2 is 1.42 bits per heavy atom. The van der Waals surface area contributed by atoms with Gasteiger partial charge in [0.2, 0.25) is 5.91 Å². The summed E-state index contributed by atoms with van der Waals surface area (Å²) in [6.45, 7) is 1.19. The number of methoxy groups -OCH3 is 3. The molecule has 0 aliphatic heterocycles. The summed E-state index contributed by atoms with van der Waals surface area (Å²) in [5.41, 5.74) is 8.63. The van der Waals surface area contributed by atoms with Crippen LogP contribution in [-0.4, -0.2) is 37.1 Å². The van der Waals surface area contributed by atoms with Crippen molar-refractivity contribution in [2.75, 3.05) is 21.3 Å². The fraction of sp³-hybridized carbons (Fsp3) is 0.250. The van der Waals surface area contributed by atoms with Gasteiger partial charge in [0.15, 0.2) is 6.23 Å². The molecule has 0 aliphatic carbocycles. The van der Waals surface area contributed by atoms with Crippen LogP contribution in [0.2, 0.25) is 0 Å². The Bertz CT molecular complexity index is 941. The highest BCUT2D eigenvalue weighted by Crippen LogP contribution is 2.26. The van der Waals surface area contributed by atoms with Crippen LogP contribution in [0.15, 0.2) is 66.9 Å². The highest BCUT2D eigenvalue weighted by atomic mass is 16.5. The van der Waals surface area contributed by atoms with Crippen molar-refractivity contribution in [3.8, 4) is 11.5 Å². The standard InChI is InChI=1S/C24H27N3O4/c1-29-20-8-4-17(5-9-20)15-27(16-18-6-10-21(30-2)11-7-18)24(31-3)22-14-19(23(25)28)12-13-26-22/h4-14,24H,15-16H2,1-3H3,(H2,25,28). The number of nitrogens with two attached hydrogens (primary N) is 1. The van der Waals surface area contributed by atoms with Crippen LogP contribution >= 0.6 is 0 Å². The van der Waals surface area contributed by atoms with Gasteiger partial charge in [-0.25, -0.2) is 0 Å². The molecular formula is C24H27N3O4. The molecule has 7 nitrogen and oxygen atoms in total. The van der Waals surface area contributed by atoms with Gasteiger partial charge in [0.05, 0.1) is 19.9 Å². The Hall–Kier alpha value is -3.42. The summed E-state index contributed by atoms with van der Waals surface area (Å²) in [5.74, 6) is 1.09. The van der Waals surface area contributed by atoms with E-state index in [-0.39, 0.29) is 0 Å². The summed E-state index contributed by atoms with van der Waals surface area (Å²) in [7, 11) is 4.91. The Labute approximate surface area is 182 Å². The molecule has 0 radical (unpaired) electrons. The average Bonchev–Trinajstić information content (AvgIpc) is 2.80. The summed E-state index contributed by atoms with van der Waals surface area (Å²) in [6.07, 6.45) is 1.09. The van der Waals surface area contributed by atoms with Crippen molar-refractivity contribution in [3.63, 3.8) is 0 Å². The molecule has 1 unspecified atom stereocenters. The van der Waals surface area contributed by atoms with Crippen LogP contribution in [0.3, 0.4) is 0 Å². The zero-order valence-electron chi connectivity index (χ0n) is 17.9. The van der Waals surface area contributed by atoms with E-state index >= 15 is 0 Å². The average molecular weight is 421 g/mol. The predicted molar refractivity (Wildman–Crippen MR) is 118 cm³/mol. The van der Waals surface area contributed by atoms with Gasteiger partial charge in [0.1, 0.15) is 11.5 Å². The van der Waals surface area contributed by atoms with Gasteiger partial charge in [-0.1, -0.05) is 24.3 Å². The van der Waals surface area contributed by atoms with Crippen molar-refractivity contribution >= 4 is 5.91 Å². The second-order valence-electron chi connectivity index (χ2n) is 7.02. The largest absolute Gasteiger partial charge is 0.497 e. The van der Waals surface area contributed by atoms with E-state index in [4.69, 9.17) is 19.9 Å². The molecule has 162 valence electrons. The number of amides is 1. The second kappa shape index (κ2) is 10.6. The van der Waals surface area contributed by atoms with Gasteiger partial charge >= 0.3 is 0 Å². The van der Waals surface area contributed by atoms with Crippen LogP contribution in [0, 0.1) is 0 Å². The molecule has 2 aromatic carbocycles. The van der Waals surface area contributed by atoms with Crippen LogP contribution in [-0.2, 0) is 17.8 Å². The third-order valence-corrected chi connectivity index (χ3v) is 4.96. The number of carbonyl (C=O) groups is 1. The van der Waals surface area contributed by atoms with Crippen molar-refractivity contribution < 1.29 is 19.0 Å². The van der Waals surface area contributed by atoms with E-state index in [1.165, 1.54) is 0 Å². The minimum atomic E-state index is -0.504. The first kappa shape index (κ1) is 22.3. The van der Waals surface area contributed by atoms with Crippen molar-refractivity contribution in [1.29, 1.82) is 0 Å². The molecular weight excluding hydrogens is 394 g/mol. The van der Waals surface area contributed by atoms with Gasteiger partial charge < -0.3 is 19.9 Å². The third-order valence-electron chi connectivity index (χ3n) is 4.96. The van der Waals surface area contributed by atoms with Crippen LogP contribution in [0.4, 0.5) is 0 Å². The number of nitrogens with zero attached hydrogens (tertiary/aromatic N) is 2. The van der Waals surface area contributed by atoms with E-state index in [9.17, 15) is 4.79 Å². The molecule has 1 heterocycles. The Morgan fingerprint density at radius 3 is 1.84 bits per heavy atom. The van der Waals surface area contributed by atoms with Crippen LogP contribution in [0.5, 0.6) is 11.5 Å². The summed E-state index contributed by atoms with van der Waals surface area (Å²) >= 11 is 0. The number of ether oxygens (including phenoxy) is 3. The van der Waals surface area contributed by atoms with E-state index < -0.39 is 12.1 Å². The van der Waals surface area contributed by atoms with Crippen LogP contribution < -0.4 is 15.2 Å². The molecule has 31 heavy (non-hydrogen) atoms. The maximum atomic E-state index is 11.7. The minimum Gasteiger partial charge on any atom is -0.497 e. The van der Waals surface area contributed by atoms with Crippen molar-refractivity contribution in [2.24, 2.45) is 5.73 Å². The summed E-state index contributed by atoms with van der Waals surface area (Å²) < 4.78 is 16.4. The fourth-order valence-corrected chi connectivity index (χ4v) is 3.35. The monoisotopic (exact) mass is 421 g/mol. The lowest BCUT2D eigenvalue weighted by Crippen LogP contribution is -2.30. The molecule has 0 bridgehead atoms. The molecule has 1 atom stereocenters. The summed E-state index contributed by atoms with van der Waals surface area (Å²) in [6, 6.07) is 19.0. The lowest BCUT2D eigenvalue weighted by atomic mass is 10.1. The van der Waals surface area contributed by atoms with E-state index in [0.717, 1.165) is 22.6 Å². The Balaban J connectivity index is 1.93. The van der Waals surface area contributed by atoms with E-state index in [1.807, 2.05) is 48.5 Å². The normalized spacial score (nSPS) is 11.9. The Morgan fingerprint density at radius 1 is 0.903 bits per heavy atom. The van der Waals surface area contributed by atoms with Gasteiger partial charge in [-0.05, 0) is 47.5 Å². The van der Waals surface area contributed by atoms with E-state index in [0.29, 0.717) is 24.3 Å². The van der Waals surface area contributed by atoms with Crippen molar-refractivity contribution in [1.82, 2.24) is 9.88 Å². The maximum Gasteiger partial charge on any atom is 0.248 e. The van der Waals surface area contributed by atoms with Gasteiger partial charge in [-0.15, -0.1) is 0 Å². The molecule has 1 amide bonds. The lowest BCUT2D eigenvalue weighted by molar-refractivity contribution is -0.0482. The highest BCUT2D eigenvalue weighted by molar-refractivity contribution is 5.92. The number of hydrogen-bond donors (Lipinski definition) is 1. The van der Waals surface area contributed by atoms with Crippen molar-refractivity contribution in [3.05, 3.63) is 89.2 Å². The third kappa shape index (κ3) is 5.81. The molecule has 1 aromatic heterocycles. The molecule has 2 N–H and O–H groups in total. The quantitative estimate of drug-likeness (QED) is 0.504.